The third-order valence-corrected chi connectivity index (χ3v) is 2.79. The van der Waals surface area contributed by atoms with Crippen LogP contribution in [0.15, 0.2) is 41.2 Å². The smallest absolute Gasteiger partial charge is 0.123 e. The van der Waals surface area contributed by atoms with E-state index in [4.69, 9.17) is 21.8 Å². The van der Waals surface area contributed by atoms with Crippen molar-refractivity contribution in [2.24, 2.45) is 5.73 Å². The van der Waals surface area contributed by atoms with Gasteiger partial charge in [0.05, 0.1) is 12.5 Å². The minimum atomic E-state index is -0.307. The molecule has 0 spiro atoms. The van der Waals surface area contributed by atoms with Crippen LogP contribution in [0.1, 0.15) is 17.2 Å². The summed E-state index contributed by atoms with van der Waals surface area (Å²) in [5, 5.41) is 0.528. The average molecular weight is 240 g/mol. The fourth-order valence-electron chi connectivity index (χ4n) is 1.54. The largest absolute Gasteiger partial charge is 0.472 e. The average Bonchev–Trinajstić information content (AvgIpc) is 2.76. The molecule has 2 N–H and O–H groups in total. The van der Waals surface area contributed by atoms with Crippen molar-refractivity contribution in [2.45, 2.75) is 12.5 Å². The lowest BCUT2D eigenvalue weighted by Crippen LogP contribution is -2.12. The monoisotopic (exact) mass is 239 g/mol. The van der Waals surface area contributed by atoms with Crippen LogP contribution < -0.4 is 5.73 Å². The van der Waals surface area contributed by atoms with Gasteiger partial charge in [-0.3, -0.25) is 0 Å². The maximum atomic E-state index is 13.0. The molecule has 0 aliphatic carbocycles. The fourth-order valence-corrected chi connectivity index (χ4v) is 1.74. The van der Waals surface area contributed by atoms with Crippen LogP contribution in [0.3, 0.4) is 0 Å². The first kappa shape index (κ1) is 11.2. The summed E-state index contributed by atoms with van der Waals surface area (Å²) in [6.07, 6.45) is 3.62. The Morgan fingerprint density at radius 3 is 2.88 bits per heavy atom. The molecule has 4 heteroatoms. The summed E-state index contributed by atoms with van der Waals surface area (Å²) >= 11 is 5.96. The van der Waals surface area contributed by atoms with Crippen molar-refractivity contribution in [3.05, 3.63) is 58.8 Å². The van der Waals surface area contributed by atoms with Crippen LogP contribution in [0.5, 0.6) is 0 Å². The number of rotatable bonds is 3. The maximum Gasteiger partial charge on any atom is 0.123 e. The highest BCUT2D eigenvalue weighted by atomic mass is 35.5. The van der Waals surface area contributed by atoms with Crippen LogP contribution in [-0.2, 0) is 6.42 Å². The molecule has 0 saturated carbocycles. The molecule has 0 fully saturated rings. The fraction of sp³-hybridized carbons (Fsp3) is 0.167. The molecule has 0 bridgehead atoms. The van der Waals surface area contributed by atoms with Crippen molar-refractivity contribution in [3.63, 3.8) is 0 Å². The van der Waals surface area contributed by atoms with Gasteiger partial charge >= 0.3 is 0 Å². The summed E-state index contributed by atoms with van der Waals surface area (Å²) in [6.45, 7) is 0. The van der Waals surface area contributed by atoms with Gasteiger partial charge in [-0.05, 0) is 36.2 Å². The van der Waals surface area contributed by atoms with Gasteiger partial charge in [0.25, 0.3) is 0 Å². The Balaban J connectivity index is 2.17. The molecule has 0 radical (unpaired) electrons. The number of halogens is 2. The molecule has 0 aliphatic heterocycles. The standard InChI is InChI=1S/C12H11ClFNO/c13-11-2-1-10(14)5-9(11)6-12(15)8-3-4-16-7-8/h1-5,7,12H,6,15H2. The molecule has 2 aromatic rings. The Kier molecular flexibility index (Phi) is 3.27. The van der Waals surface area contributed by atoms with Gasteiger partial charge in [-0.25, -0.2) is 4.39 Å². The Hall–Kier alpha value is -1.32. The Morgan fingerprint density at radius 1 is 1.38 bits per heavy atom. The molecule has 16 heavy (non-hydrogen) atoms. The van der Waals surface area contributed by atoms with Gasteiger partial charge in [-0.1, -0.05) is 11.6 Å². The molecule has 1 aromatic carbocycles. The second kappa shape index (κ2) is 4.68. The van der Waals surface area contributed by atoms with Crippen LogP contribution in [0, 0.1) is 5.82 Å². The maximum absolute atomic E-state index is 13.0. The zero-order valence-electron chi connectivity index (χ0n) is 8.49. The highest BCUT2D eigenvalue weighted by Gasteiger charge is 2.11. The molecule has 0 aliphatic rings. The van der Waals surface area contributed by atoms with E-state index in [1.165, 1.54) is 18.2 Å². The zero-order valence-corrected chi connectivity index (χ0v) is 9.25. The highest BCUT2D eigenvalue weighted by molar-refractivity contribution is 6.31. The Morgan fingerprint density at radius 2 is 2.19 bits per heavy atom. The van der Waals surface area contributed by atoms with E-state index in [9.17, 15) is 4.39 Å². The molecule has 1 atom stereocenters. The van der Waals surface area contributed by atoms with Gasteiger partial charge in [0.1, 0.15) is 5.82 Å². The predicted octanol–water partition coefficient (Wildman–Crippen LogP) is 3.31. The van der Waals surface area contributed by atoms with Crippen molar-refractivity contribution < 1.29 is 8.81 Å². The highest BCUT2D eigenvalue weighted by Crippen LogP contribution is 2.23. The van der Waals surface area contributed by atoms with E-state index in [2.05, 4.69) is 0 Å². The first-order valence-corrected chi connectivity index (χ1v) is 5.26. The minimum absolute atomic E-state index is 0.238. The van der Waals surface area contributed by atoms with E-state index in [0.717, 1.165) is 5.56 Å². The van der Waals surface area contributed by atoms with Crippen molar-refractivity contribution in [3.8, 4) is 0 Å². The van der Waals surface area contributed by atoms with Crippen LogP contribution in [0.2, 0.25) is 5.02 Å². The molecular weight excluding hydrogens is 229 g/mol. The van der Waals surface area contributed by atoms with E-state index in [1.807, 2.05) is 0 Å². The van der Waals surface area contributed by atoms with Gasteiger partial charge in [0, 0.05) is 16.6 Å². The van der Waals surface area contributed by atoms with Crippen molar-refractivity contribution in [1.29, 1.82) is 0 Å². The zero-order chi connectivity index (χ0) is 11.5. The summed E-state index contributed by atoms with van der Waals surface area (Å²) in [5.74, 6) is -0.307. The molecule has 1 unspecified atom stereocenters. The molecule has 1 aromatic heterocycles. The molecule has 0 amide bonds. The molecule has 84 valence electrons. The van der Waals surface area contributed by atoms with E-state index < -0.39 is 0 Å². The third-order valence-electron chi connectivity index (χ3n) is 2.42. The van der Waals surface area contributed by atoms with Crippen LogP contribution in [0.25, 0.3) is 0 Å². The van der Waals surface area contributed by atoms with Gasteiger partial charge in [0.2, 0.25) is 0 Å². The normalized spacial score (nSPS) is 12.7. The first-order valence-electron chi connectivity index (χ1n) is 4.88. The Labute approximate surface area is 97.8 Å². The van der Waals surface area contributed by atoms with Crippen LogP contribution in [0.4, 0.5) is 4.39 Å². The lowest BCUT2D eigenvalue weighted by molar-refractivity contribution is 0.558. The van der Waals surface area contributed by atoms with Crippen molar-refractivity contribution in [2.75, 3.05) is 0 Å². The number of hydrogen-bond acceptors (Lipinski definition) is 2. The van der Waals surface area contributed by atoms with Crippen LogP contribution >= 0.6 is 11.6 Å². The summed E-state index contributed by atoms with van der Waals surface area (Å²) in [6, 6.07) is 5.82. The van der Waals surface area contributed by atoms with Gasteiger partial charge in [-0.15, -0.1) is 0 Å². The van der Waals surface area contributed by atoms with E-state index in [1.54, 1.807) is 18.6 Å². The van der Waals surface area contributed by atoms with Crippen LogP contribution in [-0.4, -0.2) is 0 Å². The molecule has 2 rings (SSSR count). The number of benzene rings is 1. The summed E-state index contributed by atoms with van der Waals surface area (Å²) < 4.78 is 18.0. The third kappa shape index (κ3) is 2.43. The lowest BCUT2D eigenvalue weighted by atomic mass is 10.0. The topological polar surface area (TPSA) is 39.2 Å². The molecule has 0 saturated heterocycles. The SMILES string of the molecule is NC(Cc1cc(F)ccc1Cl)c1ccoc1. The quantitative estimate of drug-likeness (QED) is 0.893. The van der Waals surface area contributed by atoms with Gasteiger partial charge < -0.3 is 10.2 Å². The minimum Gasteiger partial charge on any atom is -0.472 e. The van der Waals surface area contributed by atoms with Crippen molar-refractivity contribution >= 4 is 11.6 Å². The van der Waals surface area contributed by atoms with E-state index in [0.29, 0.717) is 17.0 Å². The molecule has 2 nitrogen and oxygen atoms in total. The number of nitrogens with two attached hydrogens (primary N) is 1. The number of furan rings is 1. The van der Waals surface area contributed by atoms with E-state index >= 15 is 0 Å². The summed E-state index contributed by atoms with van der Waals surface area (Å²) in [7, 11) is 0. The van der Waals surface area contributed by atoms with E-state index in [-0.39, 0.29) is 11.9 Å². The second-order valence-electron chi connectivity index (χ2n) is 3.60. The van der Waals surface area contributed by atoms with Crippen molar-refractivity contribution in [1.82, 2.24) is 0 Å². The van der Waals surface area contributed by atoms with Gasteiger partial charge in [0.15, 0.2) is 0 Å². The first-order chi connectivity index (χ1) is 7.66. The van der Waals surface area contributed by atoms with Gasteiger partial charge in [-0.2, -0.15) is 0 Å². The molecule has 1 heterocycles. The summed E-state index contributed by atoms with van der Waals surface area (Å²) in [4.78, 5) is 0. The Bertz CT molecular complexity index is 470. The predicted molar refractivity (Wildman–Crippen MR) is 60.8 cm³/mol. The number of hydrogen-bond donors (Lipinski definition) is 1. The lowest BCUT2D eigenvalue weighted by Gasteiger charge is -2.10. The molecular formula is C12H11ClFNO. The summed E-state index contributed by atoms with van der Waals surface area (Å²) in [5.41, 5.74) is 7.53. The second-order valence-corrected chi connectivity index (χ2v) is 4.01.